The summed E-state index contributed by atoms with van der Waals surface area (Å²) in [6, 6.07) is 0. The summed E-state index contributed by atoms with van der Waals surface area (Å²) in [5.41, 5.74) is 5.41. The molecule has 0 rings (SSSR count). The highest BCUT2D eigenvalue weighted by Crippen LogP contribution is 2.05. The van der Waals surface area contributed by atoms with E-state index in [1.807, 2.05) is 0 Å². The van der Waals surface area contributed by atoms with E-state index in [2.05, 4.69) is 6.58 Å². The fourth-order valence-electron chi connectivity index (χ4n) is 1.61. The van der Waals surface area contributed by atoms with Gasteiger partial charge in [-0.15, -0.1) is 6.58 Å². The van der Waals surface area contributed by atoms with Crippen molar-refractivity contribution in [3.63, 3.8) is 0 Å². The van der Waals surface area contributed by atoms with Crippen LogP contribution in [0.2, 0.25) is 0 Å². The lowest BCUT2D eigenvalue weighted by Crippen LogP contribution is -2.33. The van der Waals surface area contributed by atoms with E-state index in [1.165, 1.54) is 0 Å². The van der Waals surface area contributed by atoms with Crippen molar-refractivity contribution in [2.24, 2.45) is 5.73 Å². The topological polar surface area (TPSA) is 55.6 Å². The summed E-state index contributed by atoms with van der Waals surface area (Å²) >= 11 is 0. The predicted molar refractivity (Wildman–Crippen MR) is 70.8 cm³/mol. The second-order valence-corrected chi connectivity index (χ2v) is 4.07. The summed E-state index contributed by atoms with van der Waals surface area (Å²) in [6.45, 7) is 6.22. The molecular formula is C13H26N2O2. The minimum Gasteiger partial charge on any atom is -0.383 e. The van der Waals surface area contributed by atoms with Gasteiger partial charge in [0.2, 0.25) is 5.91 Å². The molecular weight excluding hydrogens is 216 g/mol. The molecule has 0 aromatic heterocycles. The van der Waals surface area contributed by atoms with Gasteiger partial charge in [0.05, 0.1) is 6.61 Å². The molecule has 0 spiro atoms. The standard InChI is InChI=1S/C13H26N2O2/c1-3-10-15(11-12-17-2)13(16)8-6-4-5-7-9-14/h3H,1,4-12,14H2,2H3. The molecule has 4 nitrogen and oxygen atoms in total. The highest BCUT2D eigenvalue weighted by Gasteiger charge is 2.10. The van der Waals surface area contributed by atoms with E-state index in [0.717, 1.165) is 32.2 Å². The summed E-state index contributed by atoms with van der Waals surface area (Å²) in [5, 5.41) is 0. The van der Waals surface area contributed by atoms with Crippen LogP contribution in [0, 0.1) is 0 Å². The van der Waals surface area contributed by atoms with E-state index in [9.17, 15) is 4.79 Å². The van der Waals surface area contributed by atoms with E-state index in [0.29, 0.717) is 26.1 Å². The number of nitrogens with two attached hydrogens (primary N) is 1. The van der Waals surface area contributed by atoms with E-state index in [-0.39, 0.29) is 5.91 Å². The van der Waals surface area contributed by atoms with Crippen molar-refractivity contribution in [3.05, 3.63) is 12.7 Å². The van der Waals surface area contributed by atoms with Crippen LogP contribution in [0.1, 0.15) is 32.1 Å². The average molecular weight is 242 g/mol. The molecule has 17 heavy (non-hydrogen) atoms. The minimum atomic E-state index is 0.190. The van der Waals surface area contributed by atoms with Gasteiger partial charge in [0.15, 0.2) is 0 Å². The largest absolute Gasteiger partial charge is 0.383 e. The Labute approximate surface area is 105 Å². The summed E-state index contributed by atoms with van der Waals surface area (Å²) in [7, 11) is 1.64. The molecule has 0 aliphatic carbocycles. The number of methoxy groups -OCH3 is 1. The fourth-order valence-corrected chi connectivity index (χ4v) is 1.61. The van der Waals surface area contributed by atoms with E-state index in [4.69, 9.17) is 10.5 Å². The molecule has 100 valence electrons. The van der Waals surface area contributed by atoms with Crippen LogP contribution in [0.4, 0.5) is 0 Å². The van der Waals surface area contributed by atoms with Crippen LogP contribution >= 0.6 is 0 Å². The van der Waals surface area contributed by atoms with Crippen LogP contribution in [0.15, 0.2) is 12.7 Å². The molecule has 0 unspecified atom stereocenters. The third-order valence-corrected chi connectivity index (χ3v) is 2.61. The zero-order chi connectivity index (χ0) is 12.9. The first-order valence-electron chi connectivity index (χ1n) is 6.34. The van der Waals surface area contributed by atoms with Crippen LogP contribution in [0.3, 0.4) is 0 Å². The lowest BCUT2D eigenvalue weighted by Gasteiger charge is -2.20. The second kappa shape index (κ2) is 11.6. The maximum Gasteiger partial charge on any atom is 0.222 e. The number of ether oxygens (including phenoxy) is 1. The molecule has 0 aromatic rings. The SMILES string of the molecule is C=CCN(CCOC)C(=O)CCCCCCN. The van der Waals surface area contributed by atoms with Crippen molar-refractivity contribution in [2.75, 3.05) is 33.4 Å². The van der Waals surface area contributed by atoms with Crippen LogP contribution in [0.5, 0.6) is 0 Å². The second-order valence-electron chi connectivity index (χ2n) is 4.07. The van der Waals surface area contributed by atoms with E-state index < -0.39 is 0 Å². The van der Waals surface area contributed by atoms with Gasteiger partial charge >= 0.3 is 0 Å². The van der Waals surface area contributed by atoms with Crippen molar-refractivity contribution in [3.8, 4) is 0 Å². The summed E-state index contributed by atoms with van der Waals surface area (Å²) in [5.74, 6) is 0.190. The van der Waals surface area contributed by atoms with Gasteiger partial charge in [0.25, 0.3) is 0 Å². The molecule has 0 aliphatic heterocycles. The lowest BCUT2D eigenvalue weighted by molar-refractivity contribution is -0.131. The number of unbranched alkanes of at least 4 members (excludes halogenated alkanes) is 3. The van der Waals surface area contributed by atoms with E-state index in [1.54, 1.807) is 18.1 Å². The molecule has 0 saturated carbocycles. The minimum absolute atomic E-state index is 0.190. The number of carbonyl (C=O) groups excluding carboxylic acids is 1. The number of hydrogen-bond donors (Lipinski definition) is 1. The Morgan fingerprint density at radius 1 is 1.35 bits per heavy atom. The van der Waals surface area contributed by atoms with Gasteiger partial charge in [-0.1, -0.05) is 18.9 Å². The maximum absolute atomic E-state index is 11.9. The zero-order valence-corrected chi connectivity index (χ0v) is 11.0. The van der Waals surface area contributed by atoms with Gasteiger partial charge in [-0.05, 0) is 19.4 Å². The van der Waals surface area contributed by atoms with E-state index >= 15 is 0 Å². The molecule has 2 N–H and O–H groups in total. The summed E-state index contributed by atoms with van der Waals surface area (Å²) in [6.07, 6.45) is 6.55. The number of amides is 1. The first-order valence-corrected chi connectivity index (χ1v) is 6.34. The van der Waals surface area contributed by atoms with Crippen molar-refractivity contribution >= 4 is 5.91 Å². The van der Waals surface area contributed by atoms with Gasteiger partial charge in [-0.3, -0.25) is 4.79 Å². The first kappa shape index (κ1) is 16.1. The smallest absolute Gasteiger partial charge is 0.222 e. The predicted octanol–water partition coefficient (Wildman–Crippen LogP) is 1.56. The average Bonchev–Trinajstić information content (AvgIpc) is 2.34. The molecule has 0 aliphatic rings. The quantitative estimate of drug-likeness (QED) is 0.442. The van der Waals surface area contributed by atoms with Crippen molar-refractivity contribution in [2.45, 2.75) is 32.1 Å². The van der Waals surface area contributed by atoms with Crippen LogP contribution in [-0.2, 0) is 9.53 Å². The van der Waals surface area contributed by atoms with Crippen molar-refractivity contribution in [1.82, 2.24) is 4.90 Å². The normalized spacial score (nSPS) is 10.2. The molecule has 0 saturated heterocycles. The Bertz CT molecular complexity index is 208. The van der Waals surface area contributed by atoms with Crippen molar-refractivity contribution < 1.29 is 9.53 Å². The first-order chi connectivity index (χ1) is 8.26. The monoisotopic (exact) mass is 242 g/mol. The third kappa shape index (κ3) is 8.89. The molecule has 0 aromatic carbocycles. The maximum atomic E-state index is 11.9. The summed E-state index contributed by atoms with van der Waals surface area (Å²) < 4.78 is 4.98. The Morgan fingerprint density at radius 3 is 2.65 bits per heavy atom. The Balaban J connectivity index is 3.76. The van der Waals surface area contributed by atoms with Gasteiger partial charge < -0.3 is 15.4 Å². The lowest BCUT2D eigenvalue weighted by atomic mass is 10.1. The van der Waals surface area contributed by atoms with Gasteiger partial charge in [-0.25, -0.2) is 0 Å². The fraction of sp³-hybridized carbons (Fsp3) is 0.769. The molecule has 0 bridgehead atoms. The summed E-state index contributed by atoms with van der Waals surface area (Å²) in [4.78, 5) is 13.7. The molecule has 0 heterocycles. The van der Waals surface area contributed by atoms with Crippen molar-refractivity contribution in [1.29, 1.82) is 0 Å². The van der Waals surface area contributed by atoms with Gasteiger partial charge in [-0.2, -0.15) is 0 Å². The van der Waals surface area contributed by atoms with Crippen LogP contribution < -0.4 is 5.73 Å². The third-order valence-electron chi connectivity index (χ3n) is 2.61. The van der Waals surface area contributed by atoms with Crippen LogP contribution in [-0.4, -0.2) is 44.2 Å². The number of carbonyl (C=O) groups is 1. The Hall–Kier alpha value is -0.870. The number of rotatable bonds is 11. The van der Waals surface area contributed by atoms with Crippen LogP contribution in [0.25, 0.3) is 0 Å². The molecule has 1 amide bonds. The Morgan fingerprint density at radius 2 is 2.06 bits per heavy atom. The number of nitrogens with zero attached hydrogens (tertiary/aromatic N) is 1. The number of hydrogen-bond acceptors (Lipinski definition) is 3. The molecule has 0 radical (unpaired) electrons. The highest BCUT2D eigenvalue weighted by atomic mass is 16.5. The zero-order valence-electron chi connectivity index (χ0n) is 11.0. The molecule has 0 fully saturated rings. The molecule has 0 atom stereocenters. The molecule has 4 heteroatoms. The highest BCUT2D eigenvalue weighted by molar-refractivity contribution is 5.76. The Kier molecular flexibility index (Phi) is 11.0. The van der Waals surface area contributed by atoms with Gasteiger partial charge in [0.1, 0.15) is 0 Å². The van der Waals surface area contributed by atoms with Gasteiger partial charge in [0, 0.05) is 26.6 Å².